The molecule has 118 valence electrons. The minimum atomic E-state index is -3.47. The standard InChI is InChI=1S/C18H23NO2S/c1-18(2,3)12-11-16(19-13-7-8-14-19)15-22(20,21)17-9-5-4-6-10-17/h4-6,9-10,15H,7-8,13-14H2,1-3H3/b16-15-. The molecule has 0 atom stereocenters. The quantitative estimate of drug-likeness (QED) is 0.801. The van der Waals surface area contributed by atoms with Gasteiger partial charge in [-0.2, -0.15) is 0 Å². The summed E-state index contributed by atoms with van der Waals surface area (Å²) in [6, 6.07) is 8.51. The molecule has 0 aromatic heterocycles. The van der Waals surface area contributed by atoms with E-state index >= 15 is 0 Å². The molecule has 0 N–H and O–H groups in total. The van der Waals surface area contributed by atoms with Crippen LogP contribution in [0.4, 0.5) is 0 Å². The third kappa shape index (κ3) is 4.64. The Labute approximate surface area is 133 Å². The molecular formula is C18H23NO2S. The van der Waals surface area contributed by atoms with Crippen LogP contribution in [0.15, 0.2) is 46.3 Å². The Morgan fingerprint density at radius 2 is 1.73 bits per heavy atom. The van der Waals surface area contributed by atoms with Crippen molar-refractivity contribution in [3.05, 3.63) is 41.4 Å². The molecule has 0 unspecified atom stereocenters. The van der Waals surface area contributed by atoms with E-state index in [4.69, 9.17) is 0 Å². The van der Waals surface area contributed by atoms with Gasteiger partial charge in [0, 0.05) is 18.5 Å². The van der Waals surface area contributed by atoms with Crippen LogP contribution in [-0.2, 0) is 9.84 Å². The summed E-state index contributed by atoms with van der Waals surface area (Å²) in [5, 5.41) is 1.33. The lowest BCUT2D eigenvalue weighted by atomic mass is 9.98. The van der Waals surface area contributed by atoms with Gasteiger partial charge in [0.15, 0.2) is 0 Å². The van der Waals surface area contributed by atoms with Gasteiger partial charge in [0.25, 0.3) is 0 Å². The zero-order chi connectivity index (χ0) is 16.2. The lowest BCUT2D eigenvalue weighted by Gasteiger charge is -2.18. The number of sulfone groups is 1. The molecule has 1 saturated heterocycles. The van der Waals surface area contributed by atoms with Crippen LogP contribution in [0.3, 0.4) is 0 Å². The van der Waals surface area contributed by atoms with E-state index in [1.54, 1.807) is 24.3 Å². The van der Waals surface area contributed by atoms with Crippen molar-refractivity contribution in [1.82, 2.24) is 4.90 Å². The molecule has 22 heavy (non-hydrogen) atoms. The van der Waals surface area contributed by atoms with Gasteiger partial charge >= 0.3 is 0 Å². The van der Waals surface area contributed by atoms with Gasteiger partial charge in [0.2, 0.25) is 9.84 Å². The molecular weight excluding hydrogens is 294 g/mol. The first kappa shape index (κ1) is 16.6. The molecule has 1 aliphatic heterocycles. The smallest absolute Gasteiger partial charge is 0.202 e. The Morgan fingerprint density at radius 1 is 1.14 bits per heavy atom. The summed E-state index contributed by atoms with van der Waals surface area (Å²) in [7, 11) is -3.47. The average molecular weight is 317 g/mol. The van der Waals surface area contributed by atoms with Gasteiger partial charge in [-0.05, 0) is 51.7 Å². The first-order valence-electron chi connectivity index (χ1n) is 7.58. The molecule has 0 amide bonds. The molecule has 0 bridgehead atoms. The fourth-order valence-electron chi connectivity index (χ4n) is 2.22. The molecule has 0 spiro atoms. The van der Waals surface area contributed by atoms with Crippen molar-refractivity contribution < 1.29 is 8.42 Å². The maximum Gasteiger partial charge on any atom is 0.202 e. The Hall–Kier alpha value is -1.73. The van der Waals surface area contributed by atoms with Crippen molar-refractivity contribution in [2.45, 2.75) is 38.5 Å². The second-order valence-corrected chi connectivity index (χ2v) is 8.35. The summed E-state index contributed by atoms with van der Waals surface area (Å²) in [6.45, 7) is 7.80. The third-order valence-corrected chi connectivity index (χ3v) is 4.81. The van der Waals surface area contributed by atoms with Crippen LogP contribution in [-0.4, -0.2) is 26.4 Å². The predicted octanol–water partition coefficient (Wildman–Crippen LogP) is 3.45. The molecule has 0 saturated carbocycles. The number of rotatable bonds is 3. The highest BCUT2D eigenvalue weighted by molar-refractivity contribution is 7.94. The molecule has 1 heterocycles. The topological polar surface area (TPSA) is 37.4 Å². The first-order valence-corrected chi connectivity index (χ1v) is 9.12. The van der Waals surface area contributed by atoms with E-state index in [0.717, 1.165) is 25.9 Å². The van der Waals surface area contributed by atoms with Crippen LogP contribution in [0.2, 0.25) is 0 Å². The number of hydrogen-bond donors (Lipinski definition) is 0. The maximum absolute atomic E-state index is 12.6. The van der Waals surface area contributed by atoms with Crippen molar-refractivity contribution in [1.29, 1.82) is 0 Å². The van der Waals surface area contributed by atoms with E-state index in [-0.39, 0.29) is 5.41 Å². The van der Waals surface area contributed by atoms with Crippen molar-refractivity contribution in [2.75, 3.05) is 13.1 Å². The minimum absolute atomic E-state index is 0.157. The zero-order valence-corrected chi connectivity index (χ0v) is 14.3. The molecule has 0 aliphatic carbocycles. The number of likely N-dealkylation sites (tertiary alicyclic amines) is 1. The Morgan fingerprint density at radius 3 is 2.27 bits per heavy atom. The molecule has 2 rings (SSSR count). The summed E-state index contributed by atoms with van der Waals surface area (Å²) in [5.41, 5.74) is 0.450. The Bertz CT molecular complexity index is 695. The van der Waals surface area contributed by atoms with Crippen molar-refractivity contribution >= 4 is 9.84 Å². The Kier molecular flexibility index (Phi) is 4.97. The van der Waals surface area contributed by atoms with Crippen molar-refractivity contribution in [3.8, 4) is 11.8 Å². The molecule has 1 fully saturated rings. The molecule has 1 aromatic rings. The SMILES string of the molecule is CC(C)(C)C#C/C(=C/S(=O)(=O)c1ccccc1)N1CCCC1. The van der Waals surface area contributed by atoms with E-state index in [9.17, 15) is 8.42 Å². The van der Waals surface area contributed by atoms with Crippen LogP contribution in [0, 0.1) is 17.3 Å². The highest BCUT2D eigenvalue weighted by Crippen LogP contribution is 2.20. The van der Waals surface area contributed by atoms with Crippen LogP contribution >= 0.6 is 0 Å². The van der Waals surface area contributed by atoms with Gasteiger partial charge in [-0.15, -0.1) is 0 Å². The number of nitrogens with zero attached hydrogens (tertiary/aromatic N) is 1. The van der Waals surface area contributed by atoms with Crippen LogP contribution in [0.1, 0.15) is 33.6 Å². The van der Waals surface area contributed by atoms with E-state index in [1.807, 2.05) is 26.8 Å². The van der Waals surface area contributed by atoms with Gasteiger partial charge in [-0.3, -0.25) is 0 Å². The zero-order valence-electron chi connectivity index (χ0n) is 13.5. The summed E-state index contributed by atoms with van der Waals surface area (Å²) < 4.78 is 25.1. The van der Waals surface area contributed by atoms with Crippen LogP contribution in [0.25, 0.3) is 0 Å². The minimum Gasteiger partial charge on any atom is -0.364 e. The van der Waals surface area contributed by atoms with Gasteiger partial charge in [0.1, 0.15) is 0 Å². The summed E-state index contributed by atoms with van der Waals surface area (Å²) in [6.07, 6.45) is 2.17. The van der Waals surface area contributed by atoms with Gasteiger partial charge in [-0.25, -0.2) is 8.42 Å². The molecule has 1 aliphatic rings. The van der Waals surface area contributed by atoms with Gasteiger partial charge < -0.3 is 4.90 Å². The predicted molar refractivity (Wildman–Crippen MR) is 89.7 cm³/mol. The monoisotopic (exact) mass is 317 g/mol. The van der Waals surface area contributed by atoms with Crippen molar-refractivity contribution in [3.63, 3.8) is 0 Å². The maximum atomic E-state index is 12.6. The normalized spacial score (nSPS) is 16.3. The van der Waals surface area contributed by atoms with Gasteiger partial charge in [-0.1, -0.05) is 24.1 Å². The molecule has 3 nitrogen and oxygen atoms in total. The van der Waals surface area contributed by atoms with Crippen LogP contribution in [0.5, 0.6) is 0 Å². The fraction of sp³-hybridized carbons (Fsp3) is 0.444. The van der Waals surface area contributed by atoms with E-state index < -0.39 is 9.84 Å². The van der Waals surface area contributed by atoms with E-state index in [1.165, 1.54) is 5.41 Å². The summed E-state index contributed by atoms with van der Waals surface area (Å²) in [4.78, 5) is 2.38. The second-order valence-electron chi connectivity index (χ2n) is 6.56. The Balaban J connectivity index is 2.41. The molecule has 4 heteroatoms. The second kappa shape index (κ2) is 6.58. The lowest BCUT2D eigenvalue weighted by molar-refractivity contribution is 0.444. The van der Waals surface area contributed by atoms with Gasteiger partial charge in [0.05, 0.1) is 16.0 Å². The number of benzene rings is 1. The largest absolute Gasteiger partial charge is 0.364 e. The lowest BCUT2D eigenvalue weighted by Crippen LogP contribution is -2.19. The van der Waals surface area contributed by atoms with Crippen molar-refractivity contribution in [2.24, 2.45) is 5.41 Å². The highest BCUT2D eigenvalue weighted by Gasteiger charge is 2.18. The number of hydrogen-bond acceptors (Lipinski definition) is 3. The highest BCUT2D eigenvalue weighted by atomic mass is 32.2. The van der Waals surface area contributed by atoms with E-state index in [2.05, 4.69) is 16.7 Å². The summed E-state index contributed by atoms with van der Waals surface area (Å²) >= 11 is 0. The average Bonchev–Trinajstić information content (AvgIpc) is 2.97. The molecule has 0 radical (unpaired) electrons. The third-order valence-electron chi connectivity index (χ3n) is 3.35. The van der Waals surface area contributed by atoms with E-state index in [0.29, 0.717) is 10.6 Å². The number of allylic oxidation sites excluding steroid dienone is 1. The fourth-order valence-corrected chi connectivity index (χ4v) is 3.39. The first-order chi connectivity index (χ1) is 10.3. The molecule has 1 aromatic carbocycles. The van der Waals surface area contributed by atoms with Crippen LogP contribution < -0.4 is 0 Å². The summed E-state index contributed by atoms with van der Waals surface area (Å²) in [5.74, 6) is 6.23.